The van der Waals surface area contributed by atoms with Crippen molar-refractivity contribution in [2.75, 3.05) is 83.3 Å². The first-order valence-electron chi connectivity index (χ1n) is 32.2. The molecule has 0 bridgehead atoms. The lowest BCUT2D eigenvalue weighted by atomic mass is 10.1. The molecule has 0 saturated carbocycles. The lowest BCUT2D eigenvalue weighted by molar-refractivity contribution is -0.708. The Bertz CT molecular complexity index is 5150. The highest BCUT2D eigenvalue weighted by Crippen LogP contribution is 2.80. The Hall–Kier alpha value is -6.36. The standard InChI is InChI=1S/C13H17Cl2N2O9P.C13H21N2O17P3.C13H19N2O16P3.C12H17N3O8/c1-23-8(18)3-6-4-17(13(21)16-11(6)20)12-10(24-2)9(19)7(26-12)5-25-27(14,15)22;1-27-8(16)3-6-4-15(13(19)14-11(6)18)12-10(28-2)9(17)7(30-12)5-29-34(23,24)32-35(25,26)31-33(20,21)22;1-25-8(16)3-6-4-15(13(19)14-11(6)18)12-10(26-2)9(17)7(28-12)5-27-34(24)30-32(20,21)29-33(22,23)31-34;1-21-7(17)3-14-5-15(12(20)13-11(14)19)10-9(22-2)8(18)6(4-16)23-10/h4,7,9-10,12,19H,3,5H2,1-2H3,(H,16,20,21);4,7,9-10,12,17H,3,5H2,1-2H3,(H,23,24)(H,25,26)(H,14,18,19)(H2,20,21,22);4,7,9-10,12,17H,3,5H2,1-2H3,(H,20,21)(H,22,23)(H,14,18,19);5-6,8-10,16,18H,3-4H2,1-2H3/p+1/t3*7-,9?,10+,12-;6-,8?,9+,10-/m1111/s1. The first kappa shape index (κ1) is 101. The van der Waals surface area contributed by atoms with Crippen molar-refractivity contribution < 1.29 is 203 Å². The Morgan fingerprint density at radius 1 is 0.471 bits per heavy atom. The van der Waals surface area contributed by atoms with Crippen molar-refractivity contribution in [1.29, 1.82) is 0 Å². The van der Waals surface area contributed by atoms with Crippen LogP contribution in [0.25, 0.3) is 0 Å². The zero-order chi connectivity index (χ0) is 89.7. The van der Waals surface area contributed by atoms with E-state index in [4.69, 9.17) is 84.1 Å². The van der Waals surface area contributed by atoms with Crippen LogP contribution in [0.4, 0.5) is 0 Å². The number of esters is 4. The predicted octanol–water partition coefficient (Wildman–Crippen LogP) is -6.83. The number of carbonyl (C=O) groups excluding carboxylic acids is 4. The summed E-state index contributed by atoms with van der Waals surface area (Å²) in [7, 11) is -23.3. The summed E-state index contributed by atoms with van der Waals surface area (Å²) in [6.45, 7) is -3.27. The number of nitrogens with one attached hydrogen (secondary N) is 4. The van der Waals surface area contributed by atoms with Gasteiger partial charge in [-0.15, -0.1) is 0 Å². The molecule has 0 aromatic carbocycles. The molecule has 68 heteroatoms. The number of hydrogen-bond acceptors (Lipinski definition) is 44. The molecule has 4 aromatic rings. The maximum atomic E-state index is 12.4. The Balaban J connectivity index is 0.000000249. The molecule has 119 heavy (non-hydrogen) atoms. The van der Waals surface area contributed by atoms with Crippen LogP contribution in [-0.2, 0) is 169 Å². The van der Waals surface area contributed by atoms with E-state index in [1.54, 1.807) is 0 Å². The van der Waals surface area contributed by atoms with Gasteiger partial charge in [0.15, 0.2) is 25.2 Å². The Labute approximate surface area is 670 Å². The van der Waals surface area contributed by atoms with Gasteiger partial charge in [0.25, 0.3) is 16.7 Å². The third kappa shape index (κ3) is 27.8. The zero-order valence-corrected chi connectivity index (χ0v) is 69.4. The van der Waals surface area contributed by atoms with E-state index >= 15 is 0 Å². The number of H-pyrrole nitrogens is 4. The van der Waals surface area contributed by atoms with Gasteiger partial charge in [0, 0.05) is 63.7 Å². The number of rotatable bonds is 30. The number of phosphoric acid groups is 6. The molecule has 0 amide bonds. The average Bonchev–Trinajstić information content (AvgIpc) is 1.48. The van der Waals surface area contributed by atoms with Crippen LogP contribution in [-0.4, -0.2) is 274 Å². The van der Waals surface area contributed by atoms with Crippen LogP contribution in [0.2, 0.25) is 0 Å². The van der Waals surface area contributed by atoms with Gasteiger partial charge in [-0.3, -0.25) is 71.0 Å². The Morgan fingerprint density at radius 3 is 1.13 bits per heavy atom. The largest absolute Gasteiger partial charge is 0.492 e. The van der Waals surface area contributed by atoms with Gasteiger partial charge in [0.2, 0.25) is 12.6 Å². The monoisotopic (exact) mass is 1900 g/mol. The van der Waals surface area contributed by atoms with Crippen LogP contribution >= 0.6 is 75.5 Å². The van der Waals surface area contributed by atoms with E-state index in [9.17, 15) is 130 Å². The number of aromatic amines is 4. The molecule has 59 nitrogen and oxygen atoms in total. The smallest absolute Gasteiger partial charge is 0.469 e. The van der Waals surface area contributed by atoms with E-state index in [-0.39, 0.29) is 23.1 Å². The second kappa shape index (κ2) is 42.3. The van der Waals surface area contributed by atoms with Crippen LogP contribution in [0.15, 0.2) is 63.3 Å². The summed E-state index contributed by atoms with van der Waals surface area (Å²) < 4.78 is 178. The molecule has 9 rings (SSSR count). The molecule has 5 aliphatic rings. The lowest BCUT2D eigenvalue weighted by Crippen LogP contribution is -2.59. The van der Waals surface area contributed by atoms with Gasteiger partial charge in [-0.05, 0) is 22.5 Å². The molecule has 5 fully saturated rings. The number of aromatic nitrogens is 9. The Kier molecular flexibility index (Phi) is 36.1. The molecule has 4 aromatic heterocycles. The van der Waals surface area contributed by atoms with Crippen molar-refractivity contribution in [3.8, 4) is 0 Å². The average molecular weight is 1900 g/mol. The second-order valence-electron chi connectivity index (χ2n) is 23.9. The number of phosphoric ester groups is 1. The van der Waals surface area contributed by atoms with Gasteiger partial charge in [0.1, 0.15) is 73.2 Å². The molecule has 0 aliphatic carbocycles. The number of ether oxygens (including phenoxy) is 12. The number of aliphatic hydroxyl groups excluding tert-OH is 5. The molecule has 5 saturated heterocycles. The van der Waals surface area contributed by atoms with Crippen molar-refractivity contribution in [3.05, 3.63) is 125 Å². The fourth-order valence-corrected chi connectivity index (χ4v) is 19.4. The quantitative estimate of drug-likeness (QED) is 0.00998. The number of carbonyl (C=O) groups is 4. The normalized spacial score (nSPS) is 29.6. The number of halogens is 2. The van der Waals surface area contributed by atoms with Crippen molar-refractivity contribution in [2.45, 2.75) is 124 Å². The van der Waals surface area contributed by atoms with Crippen LogP contribution < -0.4 is 49.7 Å². The summed E-state index contributed by atoms with van der Waals surface area (Å²) in [5, 5.41) is 50.4. The van der Waals surface area contributed by atoms with Crippen LogP contribution in [0.3, 0.4) is 0 Å². The minimum Gasteiger partial charge on any atom is -0.469 e. The third-order valence-electron chi connectivity index (χ3n) is 16.1. The predicted molar refractivity (Wildman–Crippen MR) is 376 cm³/mol. The summed E-state index contributed by atoms with van der Waals surface area (Å²) in [6.07, 6.45) is -21.6. The van der Waals surface area contributed by atoms with E-state index in [0.29, 0.717) is 0 Å². The van der Waals surface area contributed by atoms with Crippen molar-refractivity contribution >= 4 is 99.4 Å². The van der Waals surface area contributed by atoms with E-state index in [0.717, 1.165) is 90.4 Å². The lowest BCUT2D eigenvalue weighted by Gasteiger charge is -2.27. The van der Waals surface area contributed by atoms with Gasteiger partial charge in [-0.1, -0.05) is 0 Å². The molecule has 5 aliphatic heterocycles. The molecular weight excluding hydrogens is 1830 g/mol. The highest BCUT2D eigenvalue weighted by molar-refractivity contribution is 8.05. The minimum atomic E-state index is -5.77. The van der Waals surface area contributed by atoms with Gasteiger partial charge >= 0.3 is 105 Å². The number of methoxy groups -OCH3 is 8. The fraction of sp³-hybridized carbons (Fsp3) is 0.627. The number of aliphatic hydroxyl groups is 5. The van der Waals surface area contributed by atoms with Crippen LogP contribution in [0.5, 0.6) is 0 Å². The van der Waals surface area contributed by atoms with E-state index < -0.39 is 266 Å². The van der Waals surface area contributed by atoms with E-state index in [2.05, 4.69) is 50.0 Å². The second-order valence-corrected chi connectivity index (χ2v) is 37.6. The number of hydrogen-bond donors (Lipinski definition) is 15. The SMILES string of the molecule is COC(=O)C[n+]1cn([C@@H]2O[C@H](CO)C(O)[C@@H]2OC)c(=O)[nH]c1=O.COC(=O)Cc1cn([C@@H]2O[C@H](COP(=O)(Cl)Cl)C(O)[C@@H]2OC)c(=O)[nH]c1=O.COC(=O)Cc1cn([C@@H]2O[C@H](COP(=O)(O)OP(=O)(O)OP(=O)(O)O)C(O)[C@@H]2OC)c(=O)[nH]c1=O.COC(=O)Cc1cn([C@@H]2O[C@H](COP3(=O)OP(=O)(O)OP(=O)(O)O3)C(O)[C@@H]2OC)c(=O)[nH]c1=O. The summed E-state index contributed by atoms with van der Waals surface area (Å²) >= 11 is 10.6. The van der Waals surface area contributed by atoms with Gasteiger partial charge < -0.3 is 116 Å². The molecule has 672 valence electrons. The summed E-state index contributed by atoms with van der Waals surface area (Å²) in [5.41, 5.74) is -7.46. The first-order chi connectivity index (χ1) is 55.2. The fourth-order valence-electron chi connectivity index (χ4n) is 10.8. The van der Waals surface area contributed by atoms with E-state index in [1.165, 1.54) is 14.2 Å². The van der Waals surface area contributed by atoms with Gasteiger partial charge in [-0.2, -0.15) is 35.7 Å². The molecule has 8 unspecified atom stereocenters. The highest BCUT2D eigenvalue weighted by atomic mass is 35.9. The molecule has 20 atom stereocenters. The molecule has 0 spiro atoms. The van der Waals surface area contributed by atoms with Crippen LogP contribution in [0, 0.1) is 0 Å². The summed E-state index contributed by atoms with van der Waals surface area (Å²) in [6, 6.07) is 0. The van der Waals surface area contributed by atoms with Crippen molar-refractivity contribution in [1.82, 2.24) is 38.2 Å². The summed E-state index contributed by atoms with van der Waals surface area (Å²) in [5.74, 6) is -2.95. The van der Waals surface area contributed by atoms with Crippen molar-refractivity contribution in [3.63, 3.8) is 0 Å². The number of nitrogens with zero attached hydrogens (tertiary/aromatic N) is 5. The maximum Gasteiger partial charge on any atom is 0.492 e. The van der Waals surface area contributed by atoms with Crippen LogP contribution in [0.1, 0.15) is 41.6 Å². The van der Waals surface area contributed by atoms with Crippen molar-refractivity contribution in [2.24, 2.45) is 0 Å². The first-order valence-corrected chi connectivity index (χ1v) is 44.7. The van der Waals surface area contributed by atoms with Gasteiger partial charge in [-0.25, -0.2) is 56.2 Å². The molecular formula is C51H75Cl2N9O50P7+. The van der Waals surface area contributed by atoms with Gasteiger partial charge in [0.05, 0.1) is 74.1 Å². The molecule has 9 heterocycles. The molecule has 0 radical (unpaired) electrons. The minimum absolute atomic E-state index is 0.0555. The topological polar surface area (TPSA) is 818 Å². The third-order valence-corrected chi connectivity index (χ3v) is 26.4. The maximum absolute atomic E-state index is 12.4. The van der Waals surface area contributed by atoms with E-state index in [1.807, 2.05) is 15.0 Å². The molecule has 15 N–H and O–H groups in total. The summed E-state index contributed by atoms with van der Waals surface area (Å²) in [4.78, 5) is 204. The Morgan fingerprint density at radius 2 is 0.798 bits per heavy atom. The highest BCUT2D eigenvalue weighted by Gasteiger charge is 2.57. The zero-order valence-electron chi connectivity index (χ0n) is 61.7.